The maximum atomic E-state index is 12.6. The molecule has 0 aliphatic carbocycles. The lowest BCUT2D eigenvalue weighted by molar-refractivity contribution is 0.296. The van der Waals surface area contributed by atoms with Gasteiger partial charge in [0, 0.05) is 0 Å². The highest BCUT2D eigenvalue weighted by molar-refractivity contribution is 9.10. The first-order valence-electron chi connectivity index (χ1n) is 4.32. The highest BCUT2D eigenvalue weighted by Crippen LogP contribution is 2.13. The largest absolute Gasteiger partial charge is 0.486 e. The van der Waals surface area contributed by atoms with E-state index in [1.807, 2.05) is 0 Å². The summed E-state index contributed by atoms with van der Waals surface area (Å²) >= 11 is 3.24. The van der Waals surface area contributed by atoms with Gasteiger partial charge in [-0.1, -0.05) is 0 Å². The number of nitrogens with one attached hydrogen (secondary N) is 1. The summed E-state index contributed by atoms with van der Waals surface area (Å²) in [7, 11) is 0. The molecule has 5 heteroatoms. The summed E-state index contributed by atoms with van der Waals surface area (Å²) in [6, 6.07) is 5.86. The van der Waals surface area contributed by atoms with Gasteiger partial charge in [-0.25, -0.2) is 9.37 Å². The van der Waals surface area contributed by atoms with Crippen molar-refractivity contribution in [3.8, 4) is 5.75 Å². The van der Waals surface area contributed by atoms with Crippen molar-refractivity contribution in [2.75, 3.05) is 0 Å². The quantitative estimate of drug-likeness (QED) is 0.932. The van der Waals surface area contributed by atoms with Crippen LogP contribution in [-0.2, 0) is 6.61 Å². The topological polar surface area (TPSA) is 37.9 Å². The third-order valence-corrected chi connectivity index (χ3v) is 2.19. The smallest absolute Gasteiger partial charge is 0.146 e. The molecule has 2 aromatic rings. The van der Waals surface area contributed by atoms with E-state index in [-0.39, 0.29) is 5.82 Å². The number of nitrogens with zero attached hydrogens (tertiary/aromatic N) is 1. The number of hydrogen-bond acceptors (Lipinski definition) is 2. The summed E-state index contributed by atoms with van der Waals surface area (Å²) in [4.78, 5) is 7.01. The molecule has 0 fully saturated rings. The molecular weight excluding hydrogens is 263 g/mol. The van der Waals surface area contributed by atoms with Gasteiger partial charge in [0.15, 0.2) is 0 Å². The minimum atomic E-state index is -0.275. The molecule has 0 spiro atoms. The molecule has 1 aromatic heterocycles. The number of aromatic nitrogens is 2. The maximum absolute atomic E-state index is 12.6. The molecule has 0 aliphatic rings. The zero-order valence-electron chi connectivity index (χ0n) is 7.71. The molecular formula is C10H8BrFN2O. The number of aromatic amines is 1. The van der Waals surface area contributed by atoms with Gasteiger partial charge >= 0.3 is 0 Å². The zero-order valence-corrected chi connectivity index (χ0v) is 9.29. The molecule has 15 heavy (non-hydrogen) atoms. The minimum Gasteiger partial charge on any atom is -0.486 e. The first-order chi connectivity index (χ1) is 7.24. The third-order valence-electron chi connectivity index (χ3n) is 1.79. The van der Waals surface area contributed by atoms with Crippen molar-refractivity contribution < 1.29 is 9.13 Å². The molecule has 0 saturated carbocycles. The molecule has 1 aromatic carbocycles. The Labute approximate surface area is 94.4 Å². The second-order valence-electron chi connectivity index (χ2n) is 2.92. The second kappa shape index (κ2) is 4.44. The number of rotatable bonds is 3. The van der Waals surface area contributed by atoms with Crippen molar-refractivity contribution >= 4 is 15.9 Å². The van der Waals surface area contributed by atoms with E-state index in [1.54, 1.807) is 18.3 Å². The van der Waals surface area contributed by atoms with E-state index in [0.29, 0.717) is 18.2 Å². The Morgan fingerprint density at radius 2 is 2.07 bits per heavy atom. The van der Waals surface area contributed by atoms with E-state index in [1.165, 1.54) is 12.1 Å². The Morgan fingerprint density at radius 1 is 1.33 bits per heavy atom. The molecule has 0 aliphatic heterocycles. The van der Waals surface area contributed by atoms with Crippen molar-refractivity contribution in [1.29, 1.82) is 0 Å². The summed E-state index contributed by atoms with van der Waals surface area (Å²) in [5, 5.41) is 0. The molecule has 2 rings (SSSR count). The van der Waals surface area contributed by atoms with Crippen molar-refractivity contribution in [1.82, 2.24) is 9.97 Å². The maximum Gasteiger partial charge on any atom is 0.146 e. The molecule has 0 saturated heterocycles. The van der Waals surface area contributed by atoms with E-state index in [9.17, 15) is 4.39 Å². The molecule has 0 amide bonds. The van der Waals surface area contributed by atoms with Gasteiger partial charge in [0.1, 0.15) is 28.6 Å². The zero-order chi connectivity index (χ0) is 10.7. The number of hydrogen-bond donors (Lipinski definition) is 1. The van der Waals surface area contributed by atoms with Crippen molar-refractivity contribution in [3.05, 3.63) is 46.7 Å². The average molecular weight is 271 g/mol. The normalized spacial score (nSPS) is 10.3. The van der Waals surface area contributed by atoms with Crippen LogP contribution in [0.4, 0.5) is 4.39 Å². The lowest BCUT2D eigenvalue weighted by atomic mass is 10.3. The monoisotopic (exact) mass is 270 g/mol. The van der Waals surface area contributed by atoms with Crippen molar-refractivity contribution in [2.45, 2.75) is 6.61 Å². The van der Waals surface area contributed by atoms with Crippen LogP contribution in [0.2, 0.25) is 0 Å². The summed E-state index contributed by atoms with van der Waals surface area (Å²) in [6.07, 6.45) is 1.66. The summed E-state index contributed by atoms with van der Waals surface area (Å²) in [6.45, 7) is 0.331. The molecule has 1 N–H and O–H groups in total. The minimum absolute atomic E-state index is 0.275. The fraction of sp³-hybridized carbons (Fsp3) is 0.100. The molecule has 0 atom stereocenters. The van der Waals surface area contributed by atoms with Gasteiger partial charge in [-0.2, -0.15) is 0 Å². The fourth-order valence-electron chi connectivity index (χ4n) is 1.09. The number of halogens is 2. The van der Waals surface area contributed by atoms with Gasteiger partial charge in [0.25, 0.3) is 0 Å². The van der Waals surface area contributed by atoms with Gasteiger partial charge in [0.2, 0.25) is 0 Å². The number of benzene rings is 1. The Morgan fingerprint density at radius 3 is 2.67 bits per heavy atom. The van der Waals surface area contributed by atoms with Crippen LogP contribution in [0.1, 0.15) is 5.82 Å². The Balaban J connectivity index is 1.96. The van der Waals surface area contributed by atoms with Gasteiger partial charge in [-0.15, -0.1) is 0 Å². The standard InChI is InChI=1S/C10H8BrFN2O/c11-9-5-13-10(14-9)6-15-8-3-1-7(12)2-4-8/h1-5H,6H2,(H,13,14). The first-order valence-corrected chi connectivity index (χ1v) is 5.11. The van der Waals surface area contributed by atoms with Crippen LogP contribution < -0.4 is 4.74 Å². The Bertz CT molecular complexity index is 441. The summed E-state index contributed by atoms with van der Waals surface area (Å²) in [5.41, 5.74) is 0. The van der Waals surface area contributed by atoms with Gasteiger partial charge in [-0.05, 0) is 40.2 Å². The van der Waals surface area contributed by atoms with Crippen LogP contribution in [0.25, 0.3) is 0 Å². The third kappa shape index (κ3) is 2.79. The Kier molecular flexibility index (Phi) is 3.01. The SMILES string of the molecule is Fc1ccc(OCc2ncc(Br)[nH]2)cc1. The van der Waals surface area contributed by atoms with E-state index in [2.05, 4.69) is 25.9 Å². The molecule has 78 valence electrons. The predicted molar refractivity (Wildman–Crippen MR) is 57.0 cm³/mol. The van der Waals surface area contributed by atoms with Crippen LogP contribution >= 0.6 is 15.9 Å². The van der Waals surface area contributed by atoms with E-state index in [4.69, 9.17) is 4.74 Å². The van der Waals surface area contributed by atoms with Gasteiger partial charge in [0.05, 0.1) is 6.20 Å². The van der Waals surface area contributed by atoms with E-state index >= 15 is 0 Å². The van der Waals surface area contributed by atoms with Crippen LogP contribution in [0.3, 0.4) is 0 Å². The number of ether oxygens (including phenoxy) is 1. The first kappa shape index (κ1) is 10.2. The molecule has 0 unspecified atom stereocenters. The van der Waals surface area contributed by atoms with Crippen LogP contribution in [0.15, 0.2) is 35.1 Å². The molecule has 1 heterocycles. The fourth-order valence-corrected chi connectivity index (χ4v) is 1.42. The van der Waals surface area contributed by atoms with Gasteiger partial charge in [-0.3, -0.25) is 0 Å². The van der Waals surface area contributed by atoms with Crippen LogP contribution in [0.5, 0.6) is 5.75 Å². The predicted octanol–water partition coefficient (Wildman–Crippen LogP) is 2.89. The number of imidazole rings is 1. The lowest BCUT2D eigenvalue weighted by Gasteiger charge is -2.03. The van der Waals surface area contributed by atoms with E-state index in [0.717, 1.165) is 4.60 Å². The number of H-pyrrole nitrogens is 1. The molecule has 0 bridgehead atoms. The van der Waals surface area contributed by atoms with Crippen LogP contribution in [-0.4, -0.2) is 9.97 Å². The van der Waals surface area contributed by atoms with Crippen molar-refractivity contribution in [2.24, 2.45) is 0 Å². The average Bonchev–Trinajstić information content (AvgIpc) is 2.64. The second-order valence-corrected chi connectivity index (χ2v) is 3.77. The Hall–Kier alpha value is -1.36. The lowest BCUT2D eigenvalue weighted by Crippen LogP contribution is -1.97. The highest BCUT2D eigenvalue weighted by Gasteiger charge is 1.99. The summed E-state index contributed by atoms with van der Waals surface area (Å²) in [5.74, 6) is 1.05. The van der Waals surface area contributed by atoms with Gasteiger partial charge < -0.3 is 9.72 Å². The molecule has 0 radical (unpaired) electrons. The van der Waals surface area contributed by atoms with E-state index < -0.39 is 0 Å². The van der Waals surface area contributed by atoms with Crippen molar-refractivity contribution in [3.63, 3.8) is 0 Å². The summed E-state index contributed by atoms with van der Waals surface area (Å²) < 4.78 is 18.8. The highest BCUT2D eigenvalue weighted by atomic mass is 79.9. The molecule has 3 nitrogen and oxygen atoms in total. The van der Waals surface area contributed by atoms with Crippen LogP contribution in [0, 0.1) is 5.82 Å².